The lowest BCUT2D eigenvalue weighted by atomic mass is 10.2. The van der Waals surface area contributed by atoms with E-state index in [4.69, 9.17) is 0 Å². The van der Waals surface area contributed by atoms with Crippen molar-refractivity contribution >= 4 is 34.6 Å². The molecule has 0 bridgehead atoms. The summed E-state index contributed by atoms with van der Waals surface area (Å²) in [5.41, 5.74) is 6.12. The first-order valence-electron chi connectivity index (χ1n) is 10.9. The van der Waals surface area contributed by atoms with E-state index in [1.807, 2.05) is 24.3 Å². The van der Waals surface area contributed by atoms with Crippen LogP contribution >= 0.6 is 0 Å². The molecule has 0 spiro atoms. The molecule has 35 heavy (non-hydrogen) atoms. The van der Waals surface area contributed by atoms with Crippen LogP contribution in [-0.4, -0.2) is 58.5 Å². The van der Waals surface area contributed by atoms with Crippen LogP contribution in [0.2, 0.25) is 0 Å². The topological polar surface area (TPSA) is 152 Å². The van der Waals surface area contributed by atoms with E-state index in [0.29, 0.717) is 18.7 Å². The summed E-state index contributed by atoms with van der Waals surface area (Å²) in [5, 5.41) is 2.68. The van der Waals surface area contributed by atoms with Crippen molar-refractivity contribution in [2.75, 3.05) is 26.5 Å². The minimum Gasteiger partial charge on any atom is -0.453 e. The van der Waals surface area contributed by atoms with Gasteiger partial charge >= 0.3 is 6.09 Å². The van der Waals surface area contributed by atoms with Crippen LogP contribution in [0.3, 0.4) is 0 Å². The van der Waals surface area contributed by atoms with Crippen LogP contribution in [0, 0.1) is 0 Å². The number of primary amides is 1. The molecule has 0 radical (unpaired) electrons. The highest BCUT2D eigenvalue weighted by molar-refractivity contribution is 5.90. The molecule has 0 unspecified atom stereocenters. The molecule has 1 aromatic carbocycles. The highest BCUT2D eigenvalue weighted by Crippen LogP contribution is 2.11. The smallest absolute Gasteiger partial charge is 0.404 e. The number of nitrogens with zero attached hydrogens (tertiary/aromatic N) is 3. The molecule has 2 aromatic heterocycles. The van der Waals surface area contributed by atoms with Crippen molar-refractivity contribution < 1.29 is 19.1 Å². The molecule has 11 heteroatoms. The number of pyridine rings is 1. The molecular formula is C24H30N6O5. The van der Waals surface area contributed by atoms with Gasteiger partial charge in [-0.2, -0.15) is 0 Å². The van der Waals surface area contributed by atoms with Crippen LogP contribution in [0.25, 0.3) is 11.0 Å². The summed E-state index contributed by atoms with van der Waals surface area (Å²) in [7, 11) is 4.59. The third-order valence-corrected chi connectivity index (χ3v) is 4.73. The summed E-state index contributed by atoms with van der Waals surface area (Å²) in [6, 6.07) is 11.0. The van der Waals surface area contributed by atoms with E-state index in [-0.39, 0.29) is 36.0 Å². The van der Waals surface area contributed by atoms with Gasteiger partial charge in [-0.05, 0) is 43.2 Å². The SMILES string of the molecule is CN(C)C(=O)/C=C/CCCC(=O)Nc1cccn(Cc2nc3ccccc3[nH]2)c1=O.COC(N)=O. The highest BCUT2D eigenvalue weighted by atomic mass is 16.5. The normalized spacial score (nSPS) is 10.5. The van der Waals surface area contributed by atoms with E-state index in [2.05, 4.69) is 25.8 Å². The van der Waals surface area contributed by atoms with Gasteiger partial charge < -0.3 is 30.2 Å². The Morgan fingerprint density at radius 2 is 1.91 bits per heavy atom. The highest BCUT2D eigenvalue weighted by Gasteiger charge is 2.09. The molecule has 4 N–H and O–H groups in total. The maximum atomic E-state index is 12.7. The number of ether oxygens (including phenoxy) is 1. The summed E-state index contributed by atoms with van der Waals surface area (Å²) in [4.78, 5) is 54.8. The van der Waals surface area contributed by atoms with Crippen LogP contribution in [0.1, 0.15) is 25.1 Å². The average Bonchev–Trinajstić information content (AvgIpc) is 3.24. The number of rotatable bonds is 8. The number of hydrogen-bond acceptors (Lipinski definition) is 6. The molecule has 0 aliphatic heterocycles. The number of imidazole rings is 1. The number of aromatic nitrogens is 3. The Bertz CT molecular complexity index is 1210. The molecule has 186 valence electrons. The largest absolute Gasteiger partial charge is 0.453 e. The molecule has 3 rings (SSSR count). The first-order valence-corrected chi connectivity index (χ1v) is 10.9. The monoisotopic (exact) mass is 482 g/mol. The van der Waals surface area contributed by atoms with Gasteiger partial charge in [-0.25, -0.2) is 9.78 Å². The second kappa shape index (κ2) is 13.3. The fraction of sp³-hybridized carbons (Fsp3) is 0.292. The maximum absolute atomic E-state index is 12.7. The lowest BCUT2D eigenvalue weighted by Gasteiger charge is -2.08. The van der Waals surface area contributed by atoms with Crippen LogP contribution < -0.4 is 16.6 Å². The minimum absolute atomic E-state index is 0.0891. The number of methoxy groups -OCH3 is 1. The first-order chi connectivity index (χ1) is 16.7. The second-order valence-corrected chi connectivity index (χ2v) is 7.65. The number of nitrogens with two attached hydrogens (primary N) is 1. The molecule has 0 fully saturated rings. The second-order valence-electron chi connectivity index (χ2n) is 7.65. The van der Waals surface area contributed by atoms with Crippen molar-refractivity contribution in [1.29, 1.82) is 0 Å². The van der Waals surface area contributed by atoms with E-state index >= 15 is 0 Å². The zero-order valence-electron chi connectivity index (χ0n) is 20.0. The van der Waals surface area contributed by atoms with E-state index in [1.165, 1.54) is 22.7 Å². The van der Waals surface area contributed by atoms with Crippen molar-refractivity contribution in [2.45, 2.75) is 25.8 Å². The molecule has 3 aromatic rings. The van der Waals surface area contributed by atoms with Gasteiger partial charge in [0, 0.05) is 26.7 Å². The van der Waals surface area contributed by atoms with Gasteiger partial charge in [0.25, 0.3) is 5.56 Å². The van der Waals surface area contributed by atoms with Crippen molar-refractivity contribution in [1.82, 2.24) is 19.4 Å². The predicted molar refractivity (Wildman–Crippen MR) is 133 cm³/mol. The van der Waals surface area contributed by atoms with E-state index < -0.39 is 6.09 Å². The van der Waals surface area contributed by atoms with Crippen LogP contribution in [-0.2, 0) is 20.9 Å². The molecule has 0 aliphatic carbocycles. The lowest BCUT2D eigenvalue weighted by Crippen LogP contribution is -2.26. The van der Waals surface area contributed by atoms with Crippen LogP contribution in [0.5, 0.6) is 0 Å². The number of carbonyl (C=O) groups excluding carboxylic acids is 3. The maximum Gasteiger partial charge on any atom is 0.404 e. The number of carbonyl (C=O) groups is 3. The molecule has 0 saturated heterocycles. The number of nitrogens with one attached hydrogen (secondary N) is 2. The summed E-state index contributed by atoms with van der Waals surface area (Å²) in [6.45, 7) is 0.280. The summed E-state index contributed by atoms with van der Waals surface area (Å²) < 4.78 is 5.39. The number of H-pyrrole nitrogens is 1. The molecule has 2 heterocycles. The summed E-state index contributed by atoms with van der Waals surface area (Å²) >= 11 is 0. The third-order valence-electron chi connectivity index (χ3n) is 4.73. The van der Waals surface area contributed by atoms with Crippen molar-refractivity contribution in [3.63, 3.8) is 0 Å². The van der Waals surface area contributed by atoms with E-state index in [9.17, 15) is 19.2 Å². The van der Waals surface area contributed by atoms with Crippen LogP contribution in [0.15, 0.2) is 59.5 Å². The molecule has 0 atom stereocenters. The zero-order chi connectivity index (χ0) is 25.8. The molecule has 0 saturated carbocycles. The number of allylic oxidation sites excluding steroid dienone is 1. The van der Waals surface area contributed by atoms with Gasteiger partial charge in [-0.3, -0.25) is 14.4 Å². The summed E-state index contributed by atoms with van der Waals surface area (Å²) in [5.74, 6) is 0.343. The molecule has 11 nitrogen and oxygen atoms in total. The van der Waals surface area contributed by atoms with Gasteiger partial charge in [-0.15, -0.1) is 0 Å². The third kappa shape index (κ3) is 8.80. The predicted octanol–water partition coefficient (Wildman–Crippen LogP) is 2.24. The van der Waals surface area contributed by atoms with Gasteiger partial charge in [-0.1, -0.05) is 18.2 Å². The number of benzene rings is 1. The Labute approximate surface area is 202 Å². The number of anilines is 1. The van der Waals surface area contributed by atoms with Crippen molar-refractivity contribution in [3.8, 4) is 0 Å². The Morgan fingerprint density at radius 1 is 1.20 bits per heavy atom. The van der Waals surface area contributed by atoms with Gasteiger partial charge in [0.2, 0.25) is 11.8 Å². The molecule has 0 aliphatic rings. The number of unbranched alkanes of at least 4 members (excludes halogenated alkanes) is 1. The Kier molecular flexibility index (Phi) is 10.2. The quantitative estimate of drug-likeness (QED) is 0.331. The number of hydrogen-bond donors (Lipinski definition) is 3. The molecule has 3 amide bonds. The fourth-order valence-electron chi connectivity index (χ4n) is 2.92. The van der Waals surface area contributed by atoms with Gasteiger partial charge in [0.05, 0.1) is 24.7 Å². The Balaban J connectivity index is 0.000000784. The van der Waals surface area contributed by atoms with E-state index in [0.717, 1.165) is 11.0 Å². The average molecular weight is 483 g/mol. The van der Waals surface area contributed by atoms with Crippen LogP contribution in [0.4, 0.5) is 10.5 Å². The van der Waals surface area contributed by atoms with Crippen molar-refractivity contribution in [2.24, 2.45) is 5.73 Å². The van der Waals surface area contributed by atoms with E-state index in [1.54, 1.807) is 38.5 Å². The Morgan fingerprint density at radius 3 is 2.57 bits per heavy atom. The molecular weight excluding hydrogens is 452 g/mol. The van der Waals surface area contributed by atoms with Gasteiger partial charge in [0.15, 0.2) is 0 Å². The van der Waals surface area contributed by atoms with Gasteiger partial charge in [0.1, 0.15) is 11.5 Å². The minimum atomic E-state index is -0.745. The number of aromatic amines is 1. The fourth-order valence-corrected chi connectivity index (χ4v) is 2.92. The van der Waals surface area contributed by atoms with Crippen molar-refractivity contribution in [3.05, 3.63) is 70.9 Å². The first kappa shape index (κ1) is 26.8. The lowest BCUT2D eigenvalue weighted by molar-refractivity contribution is -0.123. The Hall–Kier alpha value is -4.41. The number of fused-ring (bicyclic) bond motifs is 1. The summed E-state index contributed by atoms with van der Waals surface area (Å²) in [6.07, 6.45) is 5.62. The zero-order valence-corrected chi connectivity index (χ0v) is 20.0. The number of likely N-dealkylation sites (N-methyl/N-ethyl adjacent to an activating group) is 1. The number of amides is 3. The number of para-hydroxylation sites is 2. The standard InChI is InChI=1S/C22H25N5O3.C2H5NO2/c1-26(2)21(29)13-5-3-4-12-20(28)25-18-11-8-14-27(22(18)30)15-19-23-16-9-6-7-10-17(16)24-19;1-5-2(3)4/h5-11,13-14H,3-4,12,15H2,1-2H3,(H,23,24)(H,25,28);1H3,(H2,3,4)/b13-5+;.